The van der Waals surface area contributed by atoms with Crippen molar-refractivity contribution in [2.75, 3.05) is 18.2 Å². The average Bonchev–Trinajstić information content (AvgIpc) is 2.16. The number of hydrogen-bond donors (Lipinski definition) is 1. The molecule has 0 saturated carbocycles. The normalized spacial score (nSPS) is 20.3. The Kier molecular flexibility index (Phi) is 2.36. The molecule has 1 N–H and O–H groups in total. The first kappa shape index (κ1) is 8.75. The molecular formula is C10H13NOS. The molecule has 0 spiro atoms. The highest BCUT2D eigenvalue weighted by atomic mass is 32.2. The monoisotopic (exact) mass is 195 g/mol. The molecule has 1 atom stereocenters. The summed E-state index contributed by atoms with van der Waals surface area (Å²) in [5.74, 6) is 2.08. The number of hydrogen-bond acceptors (Lipinski definition) is 3. The maximum absolute atomic E-state index is 5.29. The summed E-state index contributed by atoms with van der Waals surface area (Å²) in [5, 5.41) is 3.43. The molecule has 0 aromatic heterocycles. The molecule has 1 aliphatic heterocycles. The molecule has 0 radical (unpaired) electrons. The van der Waals surface area contributed by atoms with Crippen molar-refractivity contribution in [1.29, 1.82) is 0 Å². The van der Waals surface area contributed by atoms with Crippen LogP contribution in [0.15, 0.2) is 23.1 Å². The minimum atomic E-state index is 0.546. The highest BCUT2D eigenvalue weighted by molar-refractivity contribution is 7.99. The fourth-order valence-electron chi connectivity index (χ4n) is 1.45. The Hall–Kier alpha value is -0.830. The highest BCUT2D eigenvalue weighted by Gasteiger charge is 2.17. The van der Waals surface area contributed by atoms with Crippen molar-refractivity contribution < 1.29 is 4.74 Å². The van der Waals surface area contributed by atoms with Gasteiger partial charge in [-0.15, -0.1) is 11.8 Å². The van der Waals surface area contributed by atoms with E-state index in [0.717, 1.165) is 11.5 Å². The first-order valence-electron chi connectivity index (χ1n) is 4.37. The van der Waals surface area contributed by atoms with Crippen LogP contribution in [-0.4, -0.2) is 18.9 Å². The van der Waals surface area contributed by atoms with Gasteiger partial charge in [-0.05, 0) is 19.1 Å². The summed E-state index contributed by atoms with van der Waals surface area (Å²) in [4.78, 5) is 1.24. The van der Waals surface area contributed by atoms with Gasteiger partial charge in [-0.3, -0.25) is 0 Å². The fourth-order valence-corrected chi connectivity index (χ4v) is 2.53. The average molecular weight is 195 g/mol. The number of rotatable bonds is 1. The molecule has 0 amide bonds. The molecule has 1 aliphatic rings. The Morgan fingerprint density at radius 2 is 2.38 bits per heavy atom. The van der Waals surface area contributed by atoms with E-state index in [1.807, 2.05) is 23.9 Å². The van der Waals surface area contributed by atoms with Crippen LogP contribution in [0.25, 0.3) is 0 Å². The number of thioether (sulfide) groups is 1. The summed E-state index contributed by atoms with van der Waals surface area (Å²) in [6.07, 6.45) is 0. The predicted molar refractivity (Wildman–Crippen MR) is 56.8 cm³/mol. The summed E-state index contributed by atoms with van der Waals surface area (Å²) in [7, 11) is 1.72. The second kappa shape index (κ2) is 3.50. The zero-order valence-electron chi connectivity index (χ0n) is 7.83. The minimum Gasteiger partial charge on any atom is -0.496 e. The van der Waals surface area contributed by atoms with Gasteiger partial charge >= 0.3 is 0 Å². The summed E-state index contributed by atoms with van der Waals surface area (Å²) in [5.41, 5.74) is 1.20. The molecule has 1 aromatic rings. The number of benzene rings is 1. The topological polar surface area (TPSA) is 21.3 Å². The molecule has 0 fully saturated rings. The van der Waals surface area contributed by atoms with Crippen molar-refractivity contribution in [1.82, 2.24) is 0 Å². The van der Waals surface area contributed by atoms with Gasteiger partial charge in [0.2, 0.25) is 0 Å². The van der Waals surface area contributed by atoms with Crippen LogP contribution in [0.4, 0.5) is 5.69 Å². The molecule has 1 heterocycles. The third-order valence-electron chi connectivity index (χ3n) is 2.08. The van der Waals surface area contributed by atoms with Gasteiger partial charge < -0.3 is 10.1 Å². The maximum Gasteiger partial charge on any atom is 0.134 e. The third-order valence-corrected chi connectivity index (χ3v) is 3.45. The molecule has 2 rings (SSSR count). The lowest BCUT2D eigenvalue weighted by Gasteiger charge is -2.24. The lowest BCUT2D eigenvalue weighted by atomic mass is 10.2. The van der Waals surface area contributed by atoms with Crippen LogP contribution in [0.5, 0.6) is 5.75 Å². The number of methoxy groups -OCH3 is 1. The van der Waals surface area contributed by atoms with Crippen molar-refractivity contribution in [2.24, 2.45) is 0 Å². The molecule has 1 aromatic carbocycles. The molecule has 2 nitrogen and oxygen atoms in total. The molecule has 0 saturated heterocycles. The Morgan fingerprint density at radius 1 is 1.54 bits per heavy atom. The third kappa shape index (κ3) is 1.61. The van der Waals surface area contributed by atoms with Crippen LogP contribution in [0.1, 0.15) is 6.92 Å². The van der Waals surface area contributed by atoms with E-state index in [0.29, 0.717) is 6.04 Å². The Balaban J connectivity index is 2.39. The van der Waals surface area contributed by atoms with Crippen LogP contribution in [0.3, 0.4) is 0 Å². The van der Waals surface area contributed by atoms with Gasteiger partial charge in [0, 0.05) is 11.8 Å². The molecule has 0 aliphatic carbocycles. The first-order valence-corrected chi connectivity index (χ1v) is 5.36. The van der Waals surface area contributed by atoms with Gasteiger partial charge in [0.15, 0.2) is 0 Å². The van der Waals surface area contributed by atoms with Gasteiger partial charge in [0.25, 0.3) is 0 Å². The molecule has 3 heteroatoms. The van der Waals surface area contributed by atoms with Crippen molar-refractivity contribution in [3.05, 3.63) is 18.2 Å². The van der Waals surface area contributed by atoms with E-state index in [2.05, 4.69) is 18.3 Å². The molecule has 70 valence electrons. The van der Waals surface area contributed by atoms with Crippen molar-refractivity contribution in [3.8, 4) is 5.75 Å². The summed E-state index contributed by atoms with van der Waals surface area (Å²) < 4.78 is 5.29. The van der Waals surface area contributed by atoms with E-state index in [1.165, 1.54) is 10.6 Å². The van der Waals surface area contributed by atoms with E-state index < -0.39 is 0 Å². The number of ether oxygens (including phenoxy) is 1. The van der Waals surface area contributed by atoms with E-state index in [4.69, 9.17) is 4.74 Å². The maximum atomic E-state index is 5.29. The second-order valence-electron chi connectivity index (χ2n) is 3.19. The van der Waals surface area contributed by atoms with E-state index in [1.54, 1.807) is 7.11 Å². The fraction of sp³-hybridized carbons (Fsp3) is 0.400. The number of fused-ring (bicyclic) bond motifs is 1. The standard InChI is InChI=1S/C10H13NOS/c1-7-6-13-10-8(11-7)4-3-5-9(10)12-2/h3-5,7,11H,6H2,1-2H3. The SMILES string of the molecule is COc1cccc2c1SCC(C)N2. The zero-order chi connectivity index (χ0) is 9.26. The number of nitrogens with one attached hydrogen (secondary N) is 1. The smallest absolute Gasteiger partial charge is 0.134 e. The van der Waals surface area contributed by atoms with Gasteiger partial charge in [-0.2, -0.15) is 0 Å². The number of anilines is 1. The van der Waals surface area contributed by atoms with Gasteiger partial charge in [0.05, 0.1) is 17.7 Å². The Bertz CT molecular complexity index is 314. The van der Waals surface area contributed by atoms with Gasteiger partial charge in [-0.25, -0.2) is 0 Å². The molecule has 0 bridgehead atoms. The van der Waals surface area contributed by atoms with Crippen LogP contribution in [0.2, 0.25) is 0 Å². The van der Waals surface area contributed by atoms with Crippen molar-refractivity contribution >= 4 is 17.4 Å². The van der Waals surface area contributed by atoms with Gasteiger partial charge in [-0.1, -0.05) is 6.07 Å². The van der Waals surface area contributed by atoms with Crippen LogP contribution in [0, 0.1) is 0 Å². The highest BCUT2D eigenvalue weighted by Crippen LogP contribution is 2.39. The van der Waals surface area contributed by atoms with Crippen LogP contribution >= 0.6 is 11.8 Å². The van der Waals surface area contributed by atoms with E-state index in [-0.39, 0.29) is 0 Å². The first-order chi connectivity index (χ1) is 6.31. The lowest BCUT2D eigenvalue weighted by Crippen LogP contribution is -2.22. The van der Waals surface area contributed by atoms with E-state index in [9.17, 15) is 0 Å². The Morgan fingerprint density at radius 3 is 3.15 bits per heavy atom. The lowest BCUT2D eigenvalue weighted by molar-refractivity contribution is 0.405. The second-order valence-corrected chi connectivity index (χ2v) is 4.22. The minimum absolute atomic E-state index is 0.546. The van der Waals surface area contributed by atoms with E-state index >= 15 is 0 Å². The quantitative estimate of drug-likeness (QED) is 0.744. The van der Waals surface area contributed by atoms with Gasteiger partial charge in [0.1, 0.15) is 5.75 Å². The summed E-state index contributed by atoms with van der Waals surface area (Å²) in [6, 6.07) is 6.66. The molecule has 13 heavy (non-hydrogen) atoms. The zero-order valence-corrected chi connectivity index (χ0v) is 8.65. The van der Waals surface area contributed by atoms with Crippen LogP contribution in [-0.2, 0) is 0 Å². The predicted octanol–water partition coefficient (Wildman–Crippen LogP) is 2.60. The van der Waals surface area contributed by atoms with Crippen molar-refractivity contribution in [2.45, 2.75) is 17.9 Å². The van der Waals surface area contributed by atoms with Crippen molar-refractivity contribution in [3.63, 3.8) is 0 Å². The van der Waals surface area contributed by atoms with Crippen LogP contribution < -0.4 is 10.1 Å². The summed E-state index contributed by atoms with van der Waals surface area (Å²) >= 11 is 1.86. The molecular weight excluding hydrogens is 182 g/mol. The largest absolute Gasteiger partial charge is 0.496 e. The molecule has 1 unspecified atom stereocenters. The Labute approximate surface area is 82.7 Å². The summed E-state index contributed by atoms with van der Waals surface area (Å²) in [6.45, 7) is 2.19.